The molecule has 4 heteroatoms. The minimum atomic E-state index is -0.564. The van der Waals surface area contributed by atoms with Gasteiger partial charge in [0.2, 0.25) is 0 Å². The summed E-state index contributed by atoms with van der Waals surface area (Å²) in [5, 5.41) is 12.1. The number of carbonyl (C=O) groups excluding carboxylic acids is 1. The Morgan fingerprint density at radius 2 is 1.79 bits per heavy atom. The summed E-state index contributed by atoms with van der Waals surface area (Å²) in [5.41, 5.74) is -0.469. The van der Waals surface area contributed by atoms with Gasteiger partial charge in [-0.3, -0.25) is 4.79 Å². The zero-order valence-electron chi connectivity index (χ0n) is 18.4. The van der Waals surface area contributed by atoms with E-state index in [2.05, 4.69) is 32.9 Å². The smallest absolute Gasteiger partial charge is 0.167 e. The van der Waals surface area contributed by atoms with Gasteiger partial charge in [-0.15, -0.1) is 0 Å². The van der Waals surface area contributed by atoms with Gasteiger partial charge in [0.25, 0.3) is 0 Å². The van der Waals surface area contributed by atoms with Crippen LogP contribution in [0.1, 0.15) is 72.1 Å². The van der Waals surface area contributed by atoms with E-state index in [1.807, 2.05) is 0 Å². The van der Waals surface area contributed by atoms with Gasteiger partial charge in [0.05, 0.1) is 24.7 Å². The first-order valence-electron chi connectivity index (χ1n) is 11.9. The molecule has 1 heterocycles. The van der Waals surface area contributed by atoms with Crippen LogP contribution in [-0.2, 0) is 14.3 Å². The fourth-order valence-corrected chi connectivity index (χ4v) is 8.58. The van der Waals surface area contributed by atoms with Crippen molar-refractivity contribution in [1.29, 1.82) is 0 Å². The van der Waals surface area contributed by atoms with Gasteiger partial charge in [-0.2, -0.15) is 0 Å². The van der Waals surface area contributed by atoms with Crippen LogP contribution in [0.25, 0.3) is 0 Å². The maximum absolute atomic E-state index is 12.9. The monoisotopic (exact) mass is 402 g/mol. The van der Waals surface area contributed by atoms with Crippen molar-refractivity contribution < 1.29 is 19.4 Å². The molecule has 0 aromatic rings. The third kappa shape index (κ3) is 2.71. The normalized spacial score (nSPS) is 53.1. The van der Waals surface area contributed by atoms with E-state index in [4.69, 9.17) is 9.47 Å². The second-order valence-electron chi connectivity index (χ2n) is 11.1. The molecular formula is C25H38O4. The van der Waals surface area contributed by atoms with E-state index >= 15 is 0 Å². The van der Waals surface area contributed by atoms with Crippen LogP contribution in [0.5, 0.6) is 0 Å². The van der Waals surface area contributed by atoms with Crippen molar-refractivity contribution in [3.8, 4) is 0 Å². The quantitative estimate of drug-likeness (QED) is 0.691. The van der Waals surface area contributed by atoms with Crippen molar-refractivity contribution in [3.63, 3.8) is 0 Å². The molecule has 8 atom stereocenters. The molecule has 4 saturated carbocycles. The predicted molar refractivity (Wildman–Crippen MR) is 111 cm³/mol. The highest BCUT2D eigenvalue weighted by molar-refractivity contribution is 5.82. The molecule has 5 fully saturated rings. The molecule has 0 aromatic carbocycles. The third-order valence-electron chi connectivity index (χ3n) is 10.2. The highest BCUT2D eigenvalue weighted by Gasteiger charge is 2.67. The third-order valence-corrected chi connectivity index (χ3v) is 10.2. The Kier molecular flexibility index (Phi) is 4.81. The van der Waals surface area contributed by atoms with E-state index in [-0.39, 0.29) is 23.0 Å². The van der Waals surface area contributed by atoms with Gasteiger partial charge in [0, 0.05) is 11.8 Å². The van der Waals surface area contributed by atoms with Crippen molar-refractivity contribution in [3.05, 3.63) is 12.2 Å². The van der Waals surface area contributed by atoms with Gasteiger partial charge in [0.1, 0.15) is 5.78 Å². The number of hydrogen-bond donors (Lipinski definition) is 1. The maximum Gasteiger partial charge on any atom is 0.167 e. The lowest BCUT2D eigenvalue weighted by molar-refractivity contribution is -0.212. The summed E-state index contributed by atoms with van der Waals surface area (Å²) < 4.78 is 11.5. The summed E-state index contributed by atoms with van der Waals surface area (Å²) in [7, 11) is 0. The average molecular weight is 403 g/mol. The van der Waals surface area contributed by atoms with E-state index in [9.17, 15) is 9.90 Å². The second-order valence-corrected chi connectivity index (χ2v) is 11.1. The largest absolute Gasteiger partial charge is 0.389 e. The molecule has 1 aliphatic heterocycles. The molecule has 0 radical (unpaired) electrons. The second kappa shape index (κ2) is 6.90. The van der Waals surface area contributed by atoms with Gasteiger partial charge in [-0.1, -0.05) is 26.0 Å². The molecule has 5 aliphatic rings. The lowest BCUT2D eigenvalue weighted by Crippen LogP contribution is -2.63. The van der Waals surface area contributed by atoms with Crippen molar-refractivity contribution >= 4 is 5.78 Å². The summed E-state index contributed by atoms with van der Waals surface area (Å²) in [6, 6.07) is 0. The van der Waals surface area contributed by atoms with Gasteiger partial charge >= 0.3 is 0 Å². The van der Waals surface area contributed by atoms with Crippen LogP contribution in [0.3, 0.4) is 0 Å². The maximum atomic E-state index is 12.9. The number of aliphatic hydroxyl groups is 1. The first-order valence-corrected chi connectivity index (χ1v) is 11.9. The van der Waals surface area contributed by atoms with Crippen LogP contribution >= 0.6 is 0 Å². The summed E-state index contributed by atoms with van der Waals surface area (Å²) in [6.45, 7) is 8.08. The predicted octanol–water partition coefficient (Wildman–Crippen LogP) is 4.50. The van der Waals surface area contributed by atoms with E-state index in [0.29, 0.717) is 49.1 Å². The van der Waals surface area contributed by atoms with E-state index in [1.165, 1.54) is 6.42 Å². The van der Waals surface area contributed by atoms with Gasteiger partial charge in [0.15, 0.2) is 6.29 Å². The number of fused-ring (bicyclic) bond motifs is 5. The Balaban J connectivity index is 1.45. The Morgan fingerprint density at radius 3 is 2.52 bits per heavy atom. The minimum Gasteiger partial charge on any atom is -0.389 e. The number of Topliss-reactive ketones (excluding diaryl/α,β-unsaturated/α-hetero) is 1. The molecule has 4 aliphatic carbocycles. The number of ether oxygens (including phenoxy) is 2. The molecule has 0 spiro atoms. The minimum absolute atomic E-state index is 0.00850. The van der Waals surface area contributed by atoms with Crippen molar-refractivity contribution in [1.82, 2.24) is 0 Å². The molecule has 1 unspecified atom stereocenters. The first kappa shape index (κ1) is 20.2. The van der Waals surface area contributed by atoms with Crippen molar-refractivity contribution in [2.24, 2.45) is 40.4 Å². The lowest BCUT2D eigenvalue weighted by Gasteiger charge is -2.63. The fourth-order valence-electron chi connectivity index (χ4n) is 8.58. The number of ketones is 1. The molecule has 0 bridgehead atoms. The summed E-state index contributed by atoms with van der Waals surface area (Å²) in [6.07, 6.45) is 12.2. The van der Waals surface area contributed by atoms with Gasteiger partial charge in [-0.25, -0.2) is 0 Å². The Labute approximate surface area is 175 Å². The fraction of sp³-hybridized carbons (Fsp3) is 0.880. The van der Waals surface area contributed by atoms with Crippen LogP contribution in [0.15, 0.2) is 12.2 Å². The molecule has 4 nitrogen and oxygen atoms in total. The molecule has 29 heavy (non-hydrogen) atoms. The van der Waals surface area contributed by atoms with Crippen LogP contribution in [-0.4, -0.2) is 36.0 Å². The summed E-state index contributed by atoms with van der Waals surface area (Å²) in [5.74, 6) is 2.02. The summed E-state index contributed by atoms with van der Waals surface area (Å²) >= 11 is 0. The van der Waals surface area contributed by atoms with Crippen LogP contribution in [0.2, 0.25) is 0 Å². The van der Waals surface area contributed by atoms with Crippen molar-refractivity contribution in [2.45, 2.75) is 84.0 Å². The zero-order valence-corrected chi connectivity index (χ0v) is 18.4. The van der Waals surface area contributed by atoms with E-state index in [1.54, 1.807) is 0 Å². The molecule has 162 valence electrons. The Morgan fingerprint density at radius 1 is 1.03 bits per heavy atom. The van der Waals surface area contributed by atoms with Crippen LogP contribution in [0.4, 0.5) is 0 Å². The topological polar surface area (TPSA) is 55.8 Å². The SMILES string of the molecule is CC=C[C@H]1CC[C@]2(O)[C@@H]3CC[C@@H]4CC(=O)C(C5OCCO5)C[C@]4(C)[C@H]3CC[C@]12C. The Hall–Kier alpha value is -0.710. The molecule has 1 saturated heterocycles. The van der Waals surface area contributed by atoms with Gasteiger partial charge in [-0.05, 0) is 81.0 Å². The number of allylic oxidation sites excluding steroid dienone is 2. The molecule has 0 aromatic heterocycles. The zero-order chi connectivity index (χ0) is 20.4. The van der Waals surface area contributed by atoms with E-state index in [0.717, 1.165) is 38.5 Å². The number of carbonyl (C=O) groups is 1. The van der Waals surface area contributed by atoms with Crippen molar-refractivity contribution in [2.75, 3.05) is 13.2 Å². The van der Waals surface area contributed by atoms with Crippen LogP contribution in [0, 0.1) is 40.4 Å². The standard InChI is InChI=1S/C25H38O4/c1-4-5-16-8-11-25(27)20-7-6-17-14-21(26)18(22-28-12-13-29-22)15-23(17,2)19(20)9-10-24(16,25)3/h4-5,16-20,22,27H,6-15H2,1-3H3/t16-,17+,18?,19-,20+,23-,24+,25-/m0/s1. The molecule has 1 N–H and O–H groups in total. The highest BCUT2D eigenvalue weighted by Crippen LogP contribution is 2.69. The van der Waals surface area contributed by atoms with Crippen LogP contribution < -0.4 is 0 Å². The molecule has 5 rings (SSSR count). The highest BCUT2D eigenvalue weighted by atomic mass is 16.7. The molecular weight excluding hydrogens is 364 g/mol. The van der Waals surface area contributed by atoms with E-state index < -0.39 is 5.60 Å². The molecule has 0 amide bonds. The number of rotatable bonds is 2. The first-order chi connectivity index (χ1) is 13.8. The summed E-state index contributed by atoms with van der Waals surface area (Å²) in [4.78, 5) is 12.9. The Bertz CT molecular complexity index is 697. The lowest BCUT2D eigenvalue weighted by atomic mass is 9.42. The van der Waals surface area contributed by atoms with Gasteiger partial charge < -0.3 is 14.6 Å². The average Bonchev–Trinajstić information content (AvgIpc) is 3.30. The number of hydrogen-bond acceptors (Lipinski definition) is 4.